The first kappa shape index (κ1) is 12.2. The molecule has 0 nitrogen and oxygen atoms in total. The fourth-order valence-electron chi connectivity index (χ4n) is 0.427. The second-order valence-corrected chi connectivity index (χ2v) is 10.9. The lowest BCUT2D eigenvalue weighted by molar-refractivity contribution is 1.81. The van der Waals surface area contributed by atoms with Gasteiger partial charge in [-0.25, -0.2) is 0 Å². The largest absolute Gasteiger partial charge is 0.129 e. The average molecular weight is 308 g/mol. The molecule has 0 amide bonds. The van der Waals surface area contributed by atoms with Crippen LogP contribution in [-0.4, -0.2) is 8.07 Å². The van der Waals surface area contributed by atoms with E-state index in [1.54, 1.807) is 0 Å². The van der Waals surface area contributed by atoms with E-state index in [0.717, 1.165) is 3.39 Å². The minimum Gasteiger partial charge on any atom is -0.127 e. The molecule has 0 fully saturated rings. The van der Waals surface area contributed by atoms with Crippen LogP contribution in [0.5, 0.6) is 0 Å². The maximum atomic E-state index is 3.25. The summed E-state index contributed by atoms with van der Waals surface area (Å²) in [6.45, 7) is 6.68. The molecular weight excluding hydrogens is 296 g/mol. The summed E-state index contributed by atoms with van der Waals surface area (Å²) in [5.74, 6) is 3.03. The standard InChI is InChI=1S/C9H12Br2Si/c1-12(2,3)8-6-4-5-7-9(10)11/h4-5,7H,1-3H3/b5-4+. The summed E-state index contributed by atoms with van der Waals surface area (Å²) in [7, 11) is -1.19. The van der Waals surface area contributed by atoms with Gasteiger partial charge in [-0.1, -0.05) is 31.6 Å². The Kier molecular flexibility index (Phi) is 5.90. The van der Waals surface area contributed by atoms with E-state index in [1.807, 2.05) is 18.2 Å². The van der Waals surface area contributed by atoms with Crippen LogP contribution in [0.1, 0.15) is 0 Å². The van der Waals surface area contributed by atoms with Crippen LogP contribution in [0, 0.1) is 11.5 Å². The van der Waals surface area contributed by atoms with Crippen LogP contribution in [0.2, 0.25) is 19.6 Å². The lowest BCUT2D eigenvalue weighted by Gasteiger charge is -2.01. The second kappa shape index (κ2) is 5.79. The molecule has 66 valence electrons. The first-order valence-corrected chi connectivity index (χ1v) is 8.71. The first-order valence-electron chi connectivity index (χ1n) is 3.62. The van der Waals surface area contributed by atoms with Gasteiger partial charge in [-0.2, -0.15) is 0 Å². The van der Waals surface area contributed by atoms with E-state index in [-0.39, 0.29) is 0 Å². The molecule has 0 atom stereocenters. The Morgan fingerprint density at radius 3 is 2.25 bits per heavy atom. The molecule has 0 aliphatic heterocycles. The highest BCUT2D eigenvalue weighted by Gasteiger charge is 2.06. The normalized spacial score (nSPS) is 10.8. The Hall–Kier alpha value is 0.217. The van der Waals surface area contributed by atoms with E-state index in [1.165, 1.54) is 0 Å². The number of rotatable bonds is 1. The molecule has 12 heavy (non-hydrogen) atoms. The van der Waals surface area contributed by atoms with Gasteiger partial charge in [0.25, 0.3) is 0 Å². The summed E-state index contributed by atoms with van der Waals surface area (Å²) in [6.07, 6.45) is 5.67. The van der Waals surface area contributed by atoms with Gasteiger partial charge in [-0.15, -0.1) is 5.54 Å². The number of hydrogen-bond acceptors (Lipinski definition) is 0. The Morgan fingerprint density at radius 1 is 1.25 bits per heavy atom. The summed E-state index contributed by atoms with van der Waals surface area (Å²) in [6, 6.07) is 0. The zero-order valence-electron chi connectivity index (χ0n) is 7.49. The van der Waals surface area contributed by atoms with Crippen LogP contribution in [-0.2, 0) is 0 Å². The molecule has 0 saturated carbocycles. The Labute approximate surface area is 92.4 Å². The number of halogens is 2. The van der Waals surface area contributed by atoms with Gasteiger partial charge in [0.1, 0.15) is 8.07 Å². The molecule has 0 spiro atoms. The molecule has 0 unspecified atom stereocenters. The maximum absolute atomic E-state index is 3.25. The van der Waals surface area contributed by atoms with Gasteiger partial charge in [0.2, 0.25) is 0 Å². The number of allylic oxidation sites excluding steroid dienone is 3. The van der Waals surface area contributed by atoms with Crippen molar-refractivity contribution in [3.8, 4) is 11.5 Å². The average Bonchev–Trinajstić information content (AvgIpc) is 1.83. The van der Waals surface area contributed by atoms with E-state index in [4.69, 9.17) is 0 Å². The molecule has 0 N–H and O–H groups in total. The quantitative estimate of drug-likeness (QED) is 0.389. The molecule has 3 heteroatoms. The van der Waals surface area contributed by atoms with Crippen molar-refractivity contribution in [2.24, 2.45) is 0 Å². The molecule has 0 heterocycles. The van der Waals surface area contributed by atoms with Crippen molar-refractivity contribution < 1.29 is 0 Å². The van der Waals surface area contributed by atoms with Gasteiger partial charge in [0, 0.05) is 0 Å². The summed E-state index contributed by atoms with van der Waals surface area (Å²) >= 11 is 6.51. The van der Waals surface area contributed by atoms with E-state index in [0.29, 0.717) is 0 Å². The van der Waals surface area contributed by atoms with Gasteiger partial charge in [0.15, 0.2) is 0 Å². The topological polar surface area (TPSA) is 0 Å². The smallest absolute Gasteiger partial charge is 0.127 e. The monoisotopic (exact) mass is 306 g/mol. The third-order valence-corrected chi connectivity index (χ3v) is 2.27. The van der Waals surface area contributed by atoms with Gasteiger partial charge in [0.05, 0.1) is 3.39 Å². The first-order chi connectivity index (χ1) is 5.42. The number of hydrogen-bond donors (Lipinski definition) is 0. The Bertz CT molecular complexity index is 244. The van der Waals surface area contributed by atoms with Gasteiger partial charge in [-0.05, 0) is 44.0 Å². The van der Waals surface area contributed by atoms with E-state index in [2.05, 4.69) is 63.0 Å². The van der Waals surface area contributed by atoms with Gasteiger partial charge < -0.3 is 0 Å². The molecule has 0 bridgehead atoms. The van der Waals surface area contributed by atoms with Crippen LogP contribution >= 0.6 is 31.9 Å². The van der Waals surface area contributed by atoms with Crippen LogP contribution in [0.25, 0.3) is 0 Å². The van der Waals surface area contributed by atoms with E-state index >= 15 is 0 Å². The lowest BCUT2D eigenvalue weighted by Crippen LogP contribution is -2.16. The maximum Gasteiger partial charge on any atom is 0.129 e. The lowest BCUT2D eigenvalue weighted by atomic mass is 10.5. The SMILES string of the molecule is C[Si](C)(C)C#C/C=C/C=C(Br)Br. The van der Waals surface area contributed by atoms with Crippen molar-refractivity contribution in [2.45, 2.75) is 19.6 Å². The minimum atomic E-state index is -1.19. The summed E-state index contributed by atoms with van der Waals surface area (Å²) in [5, 5.41) is 0. The summed E-state index contributed by atoms with van der Waals surface area (Å²) in [5.41, 5.74) is 3.24. The minimum absolute atomic E-state index is 0.932. The zero-order chi connectivity index (χ0) is 9.61. The van der Waals surface area contributed by atoms with Crippen LogP contribution < -0.4 is 0 Å². The van der Waals surface area contributed by atoms with Crippen molar-refractivity contribution in [1.29, 1.82) is 0 Å². The molecule has 0 aromatic heterocycles. The Morgan fingerprint density at radius 2 is 1.83 bits per heavy atom. The molecule has 0 aromatic rings. The predicted molar refractivity (Wildman–Crippen MR) is 66.2 cm³/mol. The van der Waals surface area contributed by atoms with Crippen molar-refractivity contribution >= 4 is 39.9 Å². The molecule has 0 saturated heterocycles. The molecule has 0 aromatic carbocycles. The molecule has 0 aliphatic rings. The Balaban J connectivity index is 4.04. The summed E-state index contributed by atoms with van der Waals surface area (Å²) < 4.78 is 0.932. The van der Waals surface area contributed by atoms with E-state index in [9.17, 15) is 0 Å². The fourth-order valence-corrected chi connectivity index (χ4v) is 1.25. The van der Waals surface area contributed by atoms with Crippen molar-refractivity contribution in [2.75, 3.05) is 0 Å². The molecular formula is C9H12Br2Si. The van der Waals surface area contributed by atoms with E-state index < -0.39 is 8.07 Å². The molecule has 0 radical (unpaired) electrons. The highest BCUT2D eigenvalue weighted by molar-refractivity contribution is 9.28. The second-order valence-electron chi connectivity index (χ2n) is 3.33. The van der Waals surface area contributed by atoms with Crippen LogP contribution in [0.15, 0.2) is 21.6 Å². The zero-order valence-corrected chi connectivity index (χ0v) is 11.7. The highest BCUT2D eigenvalue weighted by Crippen LogP contribution is 2.11. The van der Waals surface area contributed by atoms with Crippen molar-refractivity contribution in [3.63, 3.8) is 0 Å². The predicted octanol–water partition coefficient (Wildman–Crippen LogP) is 4.05. The van der Waals surface area contributed by atoms with Crippen molar-refractivity contribution in [1.82, 2.24) is 0 Å². The fraction of sp³-hybridized carbons (Fsp3) is 0.333. The highest BCUT2D eigenvalue weighted by atomic mass is 79.9. The van der Waals surface area contributed by atoms with Crippen LogP contribution in [0.4, 0.5) is 0 Å². The third kappa shape index (κ3) is 10.2. The third-order valence-electron chi connectivity index (χ3n) is 0.849. The van der Waals surface area contributed by atoms with Crippen molar-refractivity contribution in [3.05, 3.63) is 21.6 Å². The summed E-state index contributed by atoms with van der Waals surface area (Å²) in [4.78, 5) is 0. The molecule has 0 aliphatic carbocycles. The van der Waals surface area contributed by atoms with Gasteiger partial charge >= 0.3 is 0 Å². The van der Waals surface area contributed by atoms with Crippen LogP contribution in [0.3, 0.4) is 0 Å². The van der Waals surface area contributed by atoms with Gasteiger partial charge in [-0.3, -0.25) is 0 Å². The molecule has 0 rings (SSSR count).